The molecule has 0 unspecified atom stereocenters. The van der Waals surface area contributed by atoms with Crippen LogP contribution in [0.3, 0.4) is 0 Å². The zero-order valence-corrected chi connectivity index (χ0v) is 21.4. The van der Waals surface area contributed by atoms with Gasteiger partial charge in [0.05, 0.1) is 10.1 Å². The van der Waals surface area contributed by atoms with E-state index in [4.69, 9.17) is 0 Å². The van der Waals surface area contributed by atoms with Gasteiger partial charge in [0.1, 0.15) is 5.75 Å². The first-order valence-corrected chi connectivity index (χ1v) is 14.1. The van der Waals surface area contributed by atoms with Crippen LogP contribution < -0.4 is 0 Å². The van der Waals surface area contributed by atoms with Crippen molar-refractivity contribution in [2.24, 2.45) is 0 Å². The maximum atomic E-state index is 13.3. The fourth-order valence-corrected chi connectivity index (χ4v) is 6.44. The first kappa shape index (κ1) is 24.0. The van der Waals surface area contributed by atoms with Crippen LogP contribution in [0, 0.1) is 6.92 Å². The van der Waals surface area contributed by atoms with Crippen molar-refractivity contribution in [1.82, 2.24) is 14.8 Å². The zero-order chi connectivity index (χ0) is 25.0. The number of thioether (sulfide) groups is 1. The second-order valence-electron chi connectivity index (χ2n) is 8.46. The minimum absolute atomic E-state index is 0.0411. The average molecular weight is 512 g/mol. The van der Waals surface area contributed by atoms with Gasteiger partial charge in [-0.15, -0.1) is 10.2 Å². The van der Waals surface area contributed by atoms with Crippen LogP contribution in [0.4, 0.5) is 0 Å². The number of rotatable bonds is 8. The molecule has 0 spiro atoms. The van der Waals surface area contributed by atoms with Crippen molar-refractivity contribution in [3.63, 3.8) is 0 Å². The molecule has 5 rings (SSSR count). The molecule has 0 aliphatic heterocycles. The molecule has 0 aliphatic carbocycles. The quantitative estimate of drug-likeness (QED) is 0.225. The molecular weight excluding hydrogens is 486 g/mol. The Hall–Kier alpha value is -3.68. The summed E-state index contributed by atoms with van der Waals surface area (Å²) >= 11 is 1.56. The average Bonchev–Trinajstić information content (AvgIpc) is 3.30. The van der Waals surface area contributed by atoms with Gasteiger partial charge in [-0.25, -0.2) is 8.42 Å². The second-order valence-corrected chi connectivity index (χ2v) is 11.5. The van der Waals surface area contributed by atoms with Gasteiger partial charge in [0.2, 0.25) is 0 Å². The van der Waals surface area contributed by atoms with Gasteiger partial charge < -0.3 is 0 Å². The molecule has 0 bridgehead atoms. The Kier molecular flexibility index (Phi) is 7.02. The van der Waals surface area contributed by atoms with Crippen molar-refractivity contribution in [1.29, 1.82) is 0 Å². The van der Waals surface area contributed by atoms with E-state index >= 15 is 0 Å². The van der Waals surface area contributed by atoms with Gasteiger partial charge in [-0.2, -0.15) is 0 Å². The number of nitrogens with zero attached hydrogens (tertiary/aromatic N) is 3. The van der Waals surface area contributed by atoms with E-state index in [1.807, 2.05) is 78.2 Å². The Morgan fingerprint density at radius 2 is 1.25 bits per heavy atom. The topological polar surface area (TPSA) is 64.8 Å². The van der Waals surface area contributed by atoms with Gasteiger partial charge in [-0.05, 0) is 42.3 Å². The summed E-state index contributed by atoms with van der Waals surface area (Å²) in [6, 6.07) is 37.0. The monoisotopic (exact) mass is 511 g/mol. The lowest BCUT2D eigenvalue weighted by Gasteiger charge is -2.18. The van der Waals surface area contributed by atoms with Gasteiger partial charge >= 0.3 is 0 Å². The predicted octanol–water partition coefficient (Wildman–Crippen LogP) is 6.43. The summed E-state index contributed by atoms with van der Waals surface area (Å²) in [6.07, 6.45) is 0. The van der Waals surface area contributed by atoms with E-state index in [1.165, 1.54) is 0 Å². The summed E-state index contributed by atoms with van der Waals surface area (Å²) < 4.78 is 28.4. The summed E-state index contributed by atoms with van der Waals surface area (Å²) in [6.45, 7) is 1.93. The van der Waals surface area contributed by atoms with E-state index in [0.717, 1.165) is 22.4 Å². The molecule has 0 fully saturated rings. The molecule has 0 atom stereocenters. The minimum Gasteiger partial charge on any atom is -0.273 e. The van der Waals surface area contributed by atoms with Crippen molar-refractivity contribution in [2.75, 3.05) is 0 Å². The zero-order valence-electron chi connectivity index (χ0n) is 19.7. The maximum Gasteiger partial charge on any atom is 0.196 e. The van der Waals surface area contributed by atoms with E-state index in [-0.39, 0.29) is 15.9 Å². The fraction of sp³-hybridized carbons (Fsp3) is 0.103. The molecule has 36 heavy (non-hydrogen) atoms. The molecule has 1 aromatic heterocycles. The minimum atomic E-state index is -3.61. The Balaban J connectivity index is 1.57. The molecule has 0 saturated carbocycles. The molecule has 7 heteroatoms. The molecule has 0 radical (unpaired) electrons. The Labute approximate surface area is 215 Å². The van der Waals surface area contributed by atoms with Crippen molar-refractivity contribution >= 4 is 21.6 Å². The smallest absolute Gasteiger partial charge is 0.196 e. The summed E-state index contributed by atoms with van der Waals surface area (Å²) in [5.74, 6) is 0.129. The van der Waals surface area contributed by atoms with Crippen LogP contribution in [0.1, 0.15) is 27.8 Å². The van der Waals surface area contributed by atoms with Crippen molar-refractivity contribution < 1.29 is 8.42 Å². The van der Waals surface area contributed by atoms with E-state index in [0.29, 0.717) is 11.0 Å². The lowest BCUT2D eigenvalue weighted by atomic mass is 10.0. The lowest BCUT2D eigenvalue weighted by molar-refractivity contribution is 0.593. The number of aromatic nitrogens is 3. The molecule has 0 amide bonds. The van der Waals surface area contributed by atoms with Crippen LogP contribution in [0.25, 0.3) is 5.69 Å². The van der Waals surface area contributed by atoms with Gasteiger partial charge in [0.25, 0.3) is 0 Å². The summed E-state index contributed by atoms with van der Waals surface area (Å²) in [4.78, 5) is 0.274. The lowest BCUT2D eigenvalue weighted by Crippen LogP contribution is -2.11. The van der Waals surface area contributed by atoms with E-state index in [2.05, 4.69) is 34.5 Å². The molecule has 5 nitrogen and oxygen atoms in total. The SMILES string of the molecule is Cc1ccc(S(=O)(=O)Cc2nnc(SC(c3ccccc3)c3ccccc3)n2-c2ccccc2)cc1. The molecule has 180 valence electrons. The van der Waals surface area contributed by atoms with Gasteiger partial charge in [-0.1, -0.05) is 108 Å². The Morgan fingerprint density at radius 3 is 1.81 bits per heavy atom. The second kappa shape index (κ2) is 10.5. The standard InChI is InChI=1S/C29H25N3O2S2/c1-22-17-19-26(20-18-22)36(33,34)21-27-30-31-29(32(27)25-15-9-4-10-16-25)35-28(23-11-5-2-6-12-23)24-13-7-3-8-14-24/h2-20,28H,21H2,1H3. The van der Waals surface area contributed by atoms with Crippen LogP contribution in [0.15, 0.2) is 125 Å². The van der Waals surface area contributed by atoms with Gasteiger partial charge in [-0.3, -0.25) is 4.57 Å². The number of para-hydroxylation sites is 1. The first-order chi connectivity index (χ1) is 17.5. The number of benzene rings is 4. The van der Waals surface area contributed by atoms with Crippen molar-refractivity contribution in [3.05, 3.63) is 138 Å². The summed E-state index contributed by atoms with van der Waals surface area (Å²) in [5, 5.41) is 9.45. The van der Waals surface area contributed by atoms with Crippen LogP contribution in [-0.2, 0) is 15.6 Å². The third kappa shape index (κ3) is 5.27. The van der Waals surface area contributed by atoms with E-state index in [1.54, 1.807) is 36.0 Å². The van der Waals surface area contributed by atoms with E-state index in [9.17, 15) is 8.42 Å². The Morgan fingerprint density at radius 1 is 0.722 bits per heavy atom. The van der Waals surface area contributed by atoms with Crippen LogP contribution >= 0.6 is 11.8 Å². The number of hydrogen-bond acceptors (Lipinski definition) is 5. The molecule has 0 aliphatic rings. The highest BCUT2D eigenvalue weighted by molar-refractivity contribution is 7.99. The van der Waals surface area contributed by atoms with Crippen LogP contribution in [0.2, 0.25) is 0 Å². The molecule has 0 N–H and O–H groups in total. The van der Waals surface area contributed by atoms with Crippen LogP contribution in [-0.4, -0.2) is 23.2 Å². The van der Waals surface area contributed by atoms with Crippen LogP contribution in [0.5, 0.6) is 0 Å². The highest BCUT2D eigenvalue weighted by Gasteiger charge is 2.25. The van der Waals surface area contributed by atoms with Crippen molar-refractivity contribution in [2.45, 2.75) is 28.0 Å². The normalized spacial score (nSPS) is 11.6. The third-order valence-corrected chi connectivity index (χ3v) is 8.73. The maximum absolute atomic E-state index is 13.3. The molecule has 1 heterocycles. The number of sulfone groups is 1. The fourth-order valence-electron chi connectivity index (χ4n) is 4.00. The van der Waals surface area contributed by atoms with Crippen molar-refractivity contribution in [3.8, 4) is 5.69 Å². The van der Waals surface area contributed by atoms with E-state index < -0.39 is 9.84 Å². The number of aryl methyl sites for hydroxylation is 1. The molecular formula is C29H25N3O2S2. The molecule has 4 aromatic carbocycles. The number of hydrogen-bond donors (Lipinski definition) is 0. The Bertz CT molecular complexity index is 1500. The predicted molar refractivity (Wildman–Crippen MR) is 144 cm³/mol. The van der Waals surface area contributed by atoms with Gasteiger partial charge in [0, 0.05) is 5.69 Å². The first-order valence-electron chi connectivity index (χ1n) is 11.6. The largest absolute Gasteiger partial charge is 0.273 e. The van der Waals surface area contributed by atoms with Gasteiger partial charge in [0.15, 0.2) is 20.8 Å². The molecule has 5 aromatic rings. The third-order valence-electron chi connectivity index (χ3n) is 5.84. The highest BCUT2D eigenvalue weighted by Crippen LogP contribution is 2.40. The highest BCUT2D eigenvalue weighted by atomic mass is 32.2. The molecule has 0 saturated heterocycles. The summed E-state index contributed by atoms with van der Waals surface area (Å²) in [5.41, 5.74) is 4.09. The summed E-state index contributed by atoms with van der Waals surface area (Å²) in [7, 11) is -3.61.